The topological polar surface area (TPSA) is 58.4 Å². The van der Waals surface area contributed by atoms with Crippen molar-refractivity contribution < 1.29 is 18.1 Å². The van der Waals surface area contributed by atoms with Gasteiger partial charge in [-0.25, -0.2) is 0 Å². The number of nitrogens with one attached hydrogen (secondary N) is 1. The van der Waals surface area contributed by atoms with Gasteiger partial charge in [0, 0.05) is 31.4 Å². The number of benzene rings is 2. The van der Waals surface area contributed by atoms with Gasteiger partial charge >= 0.3 is 6.18 Å². The number of nitrogens with zero attached hydrogens (tertiary/aromatic N) is 2. The summed E-state index contributed by atoms with van der Waals surface area (Å²) < 4.78 is 37.6. The molecule has 0 aliphatic rings. The van der Waals surface area contributed by atoms with Crippen LogP contribution in [0, 0.1) is 10.1 Å². The Morgan fingerprint density at radius 3 is 2.20 bits per heavy atom. The smallest absolute Gasteiger partial charge is 0.348 e. The molecule has 0 aliphatic heterocycles. The fourth-order valence-corrected chi connectivity index (χ4v) is 2.21. The largest absolute Gasteiger partial charge is 0.416 e. The van der Waals surface area contributed by atoms with Gasteiger partial charge in [-0.05, 0) is 42.0 Å². The second-order valence-corrected chi connectivity index (χ2v) is 5.67. The van der Waals surface area contributed by atoms with Crippen LogP contribution < -0.4 is 5.32 Å². The van der Waals surface area contributed by atoms with Crippen molar-refractivity contribution in [2.45, 2.75) is 12.7 Å². The quantitative estimate of drug-likeness (QED) is 0.490. The number of hydrogen-bond donors (Lipinski definition) is 1. The number of nitro benzene ring substituents is 1. The van der Waals surface area contributed by atoms with Gasteiger partial charge in [0.2, 0.25) is 0 Å². The zero-order valence-electron chi connectivity index (χ0n) is 13.1. The molecule has 0 spiro atoms. The molecule has 0 unspecified atom stereocenters. The predicted octanol–water partition coefficient (Wildman–Crippen LogP) is 4.44. The zero-order chi connectivity index (χ0) is 18.6. The first-order chi connectivity index (χ1) is 11.7. The van der Waals surface area contributed by atoms with E-state index in [1.165, 1.54) is 36.4 Å². The number of alkyl halides is 3. The maximum absolute atomic E-state index is 12.5. The summed E-state index contributed by atoms with van der Waals surface area (Å²) in [5.74, 6) is 0. The lowest BCUT2D eigenvalue weighted by atomic mass is 10.1. The number of anilines is 1. The van der Waals surface area contributed by atoms with Crippen molar-refractivity contribution in [2.75, 3.05) is 12.4 Å². The number of rotatable bonds is 4. The summed E-state index contributed by atoms with van der Waals surface area (Å²) in [6, 6.07) is 10.6. The second kappa shape index (κ2) is 7.47. The normalized spacial score (nSPS) is 11.0. The average Bonchev–Trinajstić information content (AvgIpc) is 2.55. The summed E-state index contributed by atoms with van der Waals surface area (Å²) in [5, 5.41) is 13.9. The van der Waals surface area contributed by atoms with E-state index in [9.17, 15) is 23.3 Å². The van der Waals surface area contributed by atoms with E-state index in [4.69, 9.17) is 12.2 Å². The molecule has 5 nitrogen and oxygen atoms in total. The minimum Gasteiger partial charge on any atom is -0.348 e. The molecule has 0 amide bonds. The fraction of sp³-hybridized carbons (Fsp3) is 0.188. The molecule has 0 saturated carbocycles. The third-order valence-corrected chi connectivity index (χ3v) is 3.79. The van der Waals surface area contributed by atoms with Gasteiger partial charge in [-0.2, -0.15) is 13.2 Å². The standard InChI is InChI=1S/C16H14F3N3O2S/c1-21(10-11-2-4-12(5-3-11)16(17,18)19)15(25)20-13-6-8-14(9-7-13)22(23)24/h2-9H,10H2,1H3,(H,20,25). The van der Waals surface area contributed by atoms with Crippen LogP contribution in [0.25, 0.3) is 0 Å². The van der Waals surface area contributed by atoms with Crippen LogP contribution in [-0.4, -0.2) is 22.0 Å². The highest BCUT2D eigenvalue weighted by Gasteiger charge is 2.29. The Kier molecular flexibility index (Phi) is 5.58. The van der Waals surface area contributed by atoms with Crippen molar-refractivity contribution in [3.8, 4) is 0 Å². The van der Waals surface area contributed by atoms with Crippen LogP contribution in [0.15, 0.2) is 48.5 Å². The molecule has 0 fully saturated rings. The van der Waals surface area contributed by atoms with Crippen LogP contribution in [0.5, 0.6) is 0 Å². The summed E-state index contributed by atoms with van der Waals surface area (Å²) in [6.45, 7) is 0.316. The molecule has 2 aromatic rings. The summed E-state index contributed by atoms with van der Waals surface area (Å²) in [6.07, 6.45) is -4.36. The molecule has 0 bridgehead atoms. The highest BCUT2D eigenvalue weighted by molar-refractivity contribution is 7.80. The molecule has 132 valence electrons. The first-order valence-electron chi connectivity index (χ1n) is 7.09. The molecule has 2 rings (SSSR count). The van der Waals surface area contributed by atoms with Gasteiger partial charge in [-0.3, -0.25) is 10.1 Å². The number of thiocarbonyl (C=S) groups is 1. The first-order valence-corrected chi connectivity index (χ1v) is 7.50. The Bertz CT molecular complexity index is 762. The van der Waals surface area contributed by atoms with E-state index in [2.05, 4.69) is 5.32 Å². The fourth-order valence-electron chi connectivity index (χ4n) is 2.03. The monoisotopic (exact) mass is 369 g/mol. The van der Waals surface area contributed by atoms with E-state index in [0.29, 0.717) is 22.9 Å². The van der Waals surface area contributed by atoms with Crippen LogP contribution >= 0.6 is 12.2 Å². The van der Waals surface area contributed by atoms with Crippen LogP contribution in [0.1, 0.15) is 11.1 Å². The van der Waals surface area contributed by atoms with E-state index in [-0.39, 0.29) is 5.69 Å². The van der Waals surface area contributed by atoms with Crippen molar-refractivity contribution in [2.24, 2.45) is 0 Å². The molecular weight excluding hydrogens is 355 g/mol. The van der Waals surface area contributed by atoms with Crippen LogP contribution in [0.3, 0.4) is 0 Å². The Labute approximate surface area is 147 Å². The van der Waals surface area contributed by atoms with Gasteiger partial charge in [0.25, 0.3) is 5.69 Å². The Hall–Kier alpha value is -2.68. The number of hydrogen-bond acceptors (Lipinski definition) is 3. The van der Waals surface area contributed by atoms with Crippen molar-refractivity contribution in [1.29, 1.82) is 0 Å². The molecule has 0 aliphatic carbocycles. The van der Waals surface area contributed by atoms with Crippen LogP contribution in [-0.2, 0) is 12.7 Å². The molecule has 0 aromatic heterocycles. The molecule has 9 heteroatoms. The molecule has 0 atom stereocenters. The average molecular weight is 369 g/mol. The van der Waals surface area contributed by atoms with E-state index in [1.807, 2.05) is 0 Å². The Morgan fingerprint density at radius 2 is 1.72 bits per heavy atom. The summed E-state index contributed by atoms with van der Waals surface area (Å²) in [5.41, 5.74) is 0.512. The van der Waals surface area contributed by atoms with Gasteiger partial charge < -0.3 is 10.2 Å². The van der Waals surface area contributed by atoms with Gasteiger partial charge in [0.15, 0.2) is 5.11 Å². The van der Waals surface area contributed by atoms with Crippen molar-refractivity contribution in [3.63, 3.8) is 0 Å². The van der Waals surface area contributed by atoms with E-state index < -0.39 is 16.7 Å². The Balaban J connectivity index is 1.96. The zero-order valence-corrected chi connectivity index (χ0v) is 13.9. The van der Waals surface area contributed by atoms with Crippen LogP contribution in [0.2, 0.25) is 0 Å². The van der Waals surface area contributed by atoms with Crippen molar-refractivity contribution >= 4 is 28.7 Å². The van der Waals surface area contributed by atoms with Gasteiger partial charge in [0.05, 0.1) is 10.5 Å². The lowest BCUT2D eigenvalue weighted by Gasteiger charge is -2.21. The molecule has 0 heterocycles. The Morgan fingerprint density at radius 1 is 1.16 bits per heavy atom. The number of nitro groups is 1. The molecule has 0 saturated heterocycles. The number of halogens is 3. The van der Waals surface area contributed by atoms with Crippen LogP contribution in [0.4, 0.5) is 24.5 Å². The SMILES string of the molecule is CN(Cc1ccc(C(F)(F)F)cc1)C(=S)Nc1ccc([N+](=O)[O-])cc1. The highest BCUT2D eigenvalue weighted by atomic mass is 32.1. The summed E-state index contributed by atoms with van der Waals surface area (Å²) >= 11 is 5.23. The lowest BCUT2D eigenvalue weighted by Crippen LogP contribution is -2.30. The maximum Gasteiger partial charge on any atom is 0.416 e. The lowest BCUT2D eigenvalue weighted by molar-refractivity contribution is -0.384. The van der Waals surface area contributed by atoms with Crippen molar-refractivity contribution in [1.82, 2.24) is 4.90 Å². The summed E-state index contributed by atoms with van der Waals surface area (Å²) in [7, 11) is 1.69. The molecule has 25 heavy (non-hydrogen) atoms. The third kappa shape index (κ3) is 5.15. The van der Waals surface area contributed by atoms with Gasteiger partial charge in [-0.15, -0.1) is 0 Å². The third-order valence-electron chi connectivity index (χ3n) is 3.38. The van der Waals surface area contributed by atoms with E-state index in [1.54, 1.807) is 11.9 Å². The number of non-ortho nitro benzene ring substituents is 1. The molecule has 2 aromatic carbocycles. The van der Waals surface area contributed by atoms with Gasteiger partial charge in [0.1, 0.15) is 0 Å². The predicted molar refractivity (Wildman–Crippen MR) is 92.2 cm³/mol. The first kappa shape index (κ1) is 18.7. The van der Waals surface area contributed by atoms with E-state index in [0.717, 1.165) is 12.1 Å². The molecule has 1 N–H and O–H groups in total. The molecule has 0 radical (unpaired) electrons. The van der Waals surface area contributed by atoms with Gasteiger partial charge in [-0.1, -0.05) is 12.1 Å². The maximum atomic E-state index is 12.5. The molecular formula is C16H14F3N3O2S. The summed E-state index contributed by atoms with van der Waals surface area (Å²) in [4.78, 5) is 11.8. The minimum absolute atomic E-state index is 0.0328. The van der Waals surface area contributed by atoms with E-state index >= 15 is 0 Å². The second-order valence-electron chi connectivity index (χ2n) is 5.28. The van der Waals surface area contributed by atoms with Crippen molar-refractivity contribution in [3.05, 3.63) is 69.8 Å². The highest BCUT2D eigenvalue weighted by Crippen LogP contribution is 2.29. The minimum atomic E-state index is -4.36.